The van der Waals surface area contributed by atoms with E-state index in [1.165, 1.54) is 6.07 Å². The third-order valence-electron chi connectivity index (χ3n) is 2.24. The average molecular weight is 167 g/mol. The highest BCUT2D eigenvalue weighted by Crippen LogP contribution is 2.30. The summed E-state index contributed by atoms with van der Waals surface area (Å²) in [7, 11) is 0. The lowest BCUT2D eigenvalue weighted by atomic mass is 9.93. The first-order valence-electron chi connectivity index (χ1n) is 3.97. The molecule has 1 heterocycles. The van der Waals surface area contributed by atoms with Gasteiger partial charge in [0, 0.05) is 24.6 Å². The van der Waals surface area contributed by atoms with Crippen LogP contribution in [0.25, 0.3) is 0 Å². The molecule has 1 aliphatic rings. The number of phenolic OH excluding ortho intramolecular Hbond substituents is 1. The molecule has 1 fully saturated rings. The molecule has 3 heteroatoms. The number of aromatic hydroxyl groups is 1. The molecule has 12 heavy (non-hydrogen) atoms. The summed E-state index contributed by atoms with van der Waals surface area (Å²) >= 11 is 0. The summed E-state index contributed by atoms with van der Waals surface area (Å²) in [5, 5.41) is 12.4. The molecular weight excluding hydrogens is 157 g/mol. The summed E-state index contributed by atoms with van der Waals surface area (Å²) in [4.78, 5) is 0. The first-order chi connectivity index (χ1) is 5.79. The van der Waals surface area contributed by atoms with Gasteiger partial charge in [0.05, 0.1) is 0 Å². The Balaban J connectivity index is 2.36. The van der Waals surface area contributed by atoms with E-state index in [1.807, 2.05) is 0 Å². The van der Waals surface area contributed by atoms with E-state index in [-0.39, 0.29) is 11.7 Å². The monoisotopic (exact) mass is 167 g/mol. The van der Waals surface area contributed by atoms with Gasteiger partial charge in [-0.3, -0.25) is 0 Å². The Hall–Kier alpha value is -1.09. The predicted octanol–water partition coefficient (Wildman–Crippen LogP) is 1.22. The van der Waals surface area contributed by atoms with E-state index in [4.69, 9.17) is 0 Å². The van der Waals surface area contributed by atoms with E-state index in [1.54, 1.807) is 12.1 Å². The van der Waals surface area contributed by atoms with Gasteiger partial charge in [0.15, 0.2) is 11.6 Å². The van der Waals surface area contributed by atoms with Crippen LogP contribution < -0.4 is 5.32 Å². The van der Waals surface area contributed by atoms with E-state index in [0.717, 1.165) is 13.1 Å². The zero-order valence-corrected chi connectivity index (χ0v) is 6.55. The van der Waals surface area contributed by atoms with Crippen LogP contribution in [-0.4, -0.2) is 18.2 Å². The number of rotatable bonds is 1. The Morgan fingerprint density at radius 1 is 1.42 bits per heavy atom. The SMILES string of the molecule is Oc1c(F)cccc1C1CNC1. The normalized spacial score (nSPS) is 17.4. The minimum absolute atomic E-state index is 0.191. The highest BCUT2D eigenvalue weighted by Gasteiger charge is 2.22. The molecule has 0 amide bonds. The topological polar surface area (TPSA) is 32.3 Å². The quantitative estimate of drug-likeness (QED) is 0.659. The molecule has 0 saturated carbocycles. The maximum atomic E-state index is 12.8. The maximum Gasteiger partial charge on any atom is 0.165 e. The summed E-state index contributed by atoms with van der Waals surface area (Å²) in [5.41, 5.74) is 0.716. The lowest BCUT2D eigenvalue weighted by molar-refractivity contribution is 0.392. The van der Waals surface area contributed by atoms with Crippen molar-refractivity contribution >= 4 is 0 Å². The summed E-state index contributed by atoms with van der Waals surface area (Å²) in [6, 6.07) is 4.66. The molecule has 2 N–H and O–H groups in total. The second-order valence-electron chi connectivity index (χ2n) is 3.03. The van der Waals surface area contributed by atoms with Crippen LogP contribution in [-0.2, 0) is 0 Å². The number of benzene rings is 1. The molecule has 0 bridgehead atoms. The van der Waals surface area contributed by atoms with Crippen LogP contribution in [0.4, 0.5) is 4.39 Å². The first-order valence-corrected chi connectivity index (χ1v) is 3.97. The Morgan fingerprint density at radius 3 is 2.75 bits per heavy atom. The molecule has 2 nitrogen and oxygen atoms in total. The summed E-state index contributed by atoms with van der Waals surface area (Å²) in [6.45, 7) is 1.66. The lowest BCUT2D eigenvalue weighted by Crippen LogP contribution is -2.39. The van der Waals surface area contributed by atoms with Gasteiger partial charge in [-0.25, -0.2) is 4.39 Å². The minimum Gasteiger partial charge on any atom is -0.505 e. The zero-order chi connectivity index (χ0) is 8.55. The average Bonchev–Trinajstić information content (AvgIpc) is 1.95. The van der Waals surface area contributed by atoms with Crippen molar-refractivity contribution in [3.63, 3.8) is 0 Å². The fourth-order valence-corrected chi connectivity index (χ4v) is 1.37. The third-order valence-corrected chi connectivity index (χ3v) is 2.24. The van der Waals surface area contributed by atoms with Crippen molar-refractivity contribution in [1.82, 2.24) is 5.32 Å². The van der Waals surface area contributed by atoms with Gasteiger partial charge in [0.1, 0.15) is 0 Å². The lowest BCUT2D eigenvalue weighted by Gasteiger charge is -2.27. The van der Waals surface area contributed by atoms with Gasteiger partial charge in [-0.05, 0) is 6.07 Å². The molecule has 2 rings (SSSR count). The minimum atomic E-state index is -0.528. The molecule has 64 valence electrons. The van der Waals surface area contributed by atoms with Gasteiger partial charge in [-0.2, -0.15) is 0 Å². The van der Waals surface area contributed by atoms with Crippen molar-refractivity contribution in [3.05, 3.63) is 29.6 Å². The molecular formula is C9H10FNO. The molecule has 0 aliphatic carbocycles. The van der Waals surface area contributed by atoms with Crippen molar-refractivity contribution < 1.29 is 9.50 Å². The van der Waals surface area contributed by atoms with E-state index in [2.05, 4.69) is 5.32 Å². The zero-order valence-electron chi connectivity index (χ0n) is 6.55. The van der Waals surface area contributed by atoms with Gasteiger partial charge >= 0.3 is 0 Å². The van der Waals surface area contributed by atoms with Crippen LogP contribution in [0.15, 0.2) is 18.2 Å². The molecule has 1 aliphatic heterocycles. The van der Waals surface area contributed by atoms with Gasteiger partial charge < -0.3 is 10.4 Å². The Bertz CT molecular complexity index is 297. The van der Waals surface area contributed by atoms with Crippen LogP contribution in [0.2, 0.25) is 0 Å². The second kappa shape index (κ2) is 2.75. The second-order valence-corrected chi connectivity index (χ2v) is 3.03. The summed E-state index contributed by atoms with van der Waals surface area (Å²) in [5.74, 6) is -0.441. The van der Waals surface area contributed by atoms with Gasteiger partial charge in [-0.15, -0.1) is 0 Å². The van der Waals surface area contributed by atoms with E-state index < -0.39 is 5.82 Å². The Morgan fingerprint density at radius 2 is 2.17 bits per heavy atom. The van der Waals surface area contributed by atoms with Crippen molar-refractivity contribution in [1.29, 1.82) is 0 Å². The largest absolute Gasteiger partial charge is 0.505 e. The third kappa shape index (κ3) is 1.06. The highest BCUT2D eigenvalue weighted by atomic mass is 19.1. The van der Waals surface area contributed by atoms with Crippen LogP contribution in [0.3, 0.4) is 0 Å². The number of phenols is 1. The number of nitrogens with one attached hydrogen (secondary N) is 1. The number of hydrogen-bond donors (Lipinski definition) is 2. The molecule has 1 saturated heterocycles. The maximum absolute atomic E-state index is 12.8. The van der Waals surface area contributed by atoms with Crippen LogP contribution in [0, 0.1) is 5.82 Å². The highest BCUT2D eigenvalue weighted by molar-refractivity contribution is 5.37. The van der Waals surface area contributed by atoms with E-state index in [9.17, 15) is 9.50 Å². The fourth-order valence-electron chi connectivity index (χ4n) is 1.37. The molecule has 0 unspecified atom stereocenters. The Labute approximate surface area is 70.0 Å². The van der Waals surface area contributed by atoms with Gasteiger partial charge in [0.25, 0.3) is 0 Å². The number of para-hydroxylation sites is 1. The molecule has 0 spiro atoms. The number of hydrogen-bond acceptors (Lipinski definition) is 2. The van der Waals surface area contributed by atoms with E-state index in [0.29, 0.717) is 5.56 Å². The van der Waals surface area contributed by atoms with Crippen molar-refractivity contribution in [2.24, 2.45) is 0 Å². The summed E-state index contributed by atoms with van der Waals surface area (Å²) < 4.78 is 12.8. The van der Waals surface area contributed by atoms with Crippen molar-refractivity contribution in [2.75, 3.05) is 13.1 Å². The van der Waals surface area contributed by atoms with Gasteiger partial charge in [0.2, 0.25) is 0 Å². The van der Waals surface area contributed by atoms with Crippen LogP contribution in [0.1, 0.15) is 11.5 Å². The number of halogens is 1. The fraction of sp³-hybridized carbons (Fsp3) is 0.333. The van der Waals surface area contributed by atoms with Crippen LogP contribution in [0.5, 0.6) is 5.75 Å². The Kier molecular flexibility index (Phi) is 1.73. The standard InChI is InChI=1S/C9H10FNO/c10-8-3-1-2-7(9(8)12)6-4-11-5-6/h1-3,6,11-12H,4-5H2. The van der Waals surface area contributed by atoms with Crippen LogP contribution >= 0.6 is 0 Å². The first kappa shape index (κ1) is 7.55. The van der Waals surface area contributed by atoms with E-state index >= 15 is 0 Å². The smallest absolute Gasteiger partial charge is 0.165 e. The van der Waals surface area contributed by atoms with Crippen molar-refractivity contribution in [2.45, 2.75) is 5.92 Å². The predicted molar refractivity (Wildman–Crippen MR) is 43.7 cm³/mol. The molecule has 1 aromatic rings. The van der Waals surface area contributed by atoms with Gasteiger partial charge in [-0.1, -0.05) is 12.1 Å². The van der Waals surface area contributed by atoms with Crippen molar-refractivity contribution in [3.8, 4) is 5.75 Å². The molecule has 0 aromatic heterocycles. The molecule has 0 radical (unpaired) electrons. The molecule has 0 atom stereocenters. The molecule has 1 aromatic carbocycles. The summed E-state index contributed by atoms with van der Waals surface area (Å²) in [6.07, 6.45) is 0.